The van der Waals surface area contributed by atoms with Gasteiger partial charge in [-0.05, 0) is 31.0 Å². The summed E-state index contributed by atoms with van der Waals surface area (Å²) < 4.78 is 0. The molecule has 2 aromatic rings. The normalized spacial score (nSPS) is 15.8. The molecule has 0 aliphatic carbocycles. The van der Waals surface area contributed by atoms with E-state index in [1.54, 1.807) is 0 Å². The average molecular weight is 353 g/mol. The molecule has 1 aliphatic heterocycles. The summed E-state index contributed by atoms with van der Waals surface area (Å²) in [5, 5.41) is 0. The van der Waals surface area contributed by atoms with Crippen LogP contribution in [0.5, 0.6) is 0 Å². The van der Waals surface area contributed by atoms with Gasteiger partial charge in [0.2, 0.25) is 0 Å². The third-order valence-corrected chi connectivity index (χ3v) is 5.35. The number of likely N-dealkylation sites (N-methyl/N-ethyl adjacent to an activating group) is 1. The lowest BCUT2D eigenvalue weighted by molar-refractivity contribution is -0.885. The Kier molecular flexibility index (Phi) is 5.94. The molecule has 2 aromatic carbocycles. The number of rotatable bonds is 5. The minimum absolute atomic E-state index is 0.263. The second-order valence-electron chi connectivity index (χ2n) is 7.38. The van der Waals surface area contributed by atoms with E-state index in [1.165, 1.54) is 27.3 Å². The summed E-state index contributed by atoms with van der Waals surface area (Å²) in [6, 6.07) is 16.8. The van der Waals surface area contributed by atoms with E-state index in [4.69, 9.17) is 0 Å². The Morgan fingerprint density at radius 3 is 2.35 bits per heavy atom. The van der Waals surface area contributed by atoms with Crippen molar-refractivity contribution in [2.75, 3.05) is 44.7 Å². The number of amides is 1. The van der Waals surface area contributed by atoms with Gasteiger partial charge in [0.15, 0.2) is 6.54 Å². The predicted molar refractivity (Wildman–Crippen MR) is 107 cm³/mol. The Labute approximate surface area is 157 Å². The first-order chi connectivity index (χ1) is 12.5. The van der Waals surface area contributed by atoms with Crippen LogP contribution in [0, 0.1) is 13.8 Å². The Morgan fingerprint density at radius 1 is 0.962 bits per heavy atom. The van der Waals surface area contributed by atoms with Crippen LogP contribution in [-0.2, 0) is 11.3 Å². The fraction of sp³-hybridized carbons (Fsp3) is 0.409. The zero-order valence-electron chi connectivity index (χ0n) is 16.2. The number of hydrogen-bond donors (Lipinski definition) is 1. The molecule has 1 heterocycles. The molecule has 1 fully saturated rings. The molecular weight excluding hydrogens is 322 g/mol. The molecule has 1 atom stereocenters. The zero-order valence-corrected chi connectivity index (χ0v) is 16.2. The summed E-state index contributed by atoms with van der Waals surface area (Å²) in [6.45, 7) is 9.22. The quantitative estimate of drug-likeness (QED) is 0.887. The molecular formula is C22H30N3O+. The van der Waals surface area contributed by atoms with E-state index >= 15 is 0 Å². The van der Waals surface area contributed by atoms with E-state index in [2.05, 4.69) is 68.3 Å². The van der Waals surface area contributed by atoms with Gasteiger partial charge in [0, 0.05) is 37.4 Å². The molecule has 0 saturated carbocycles. The van der Waals surface area contributed by atoms with Gasteiger partial charge in [0.1, 0.15) is 6.54 Å². The second kappa shape index (κ2) is 8.37. The van der Waals surface area contributed by atoms with Crippen LogP contribution in [0.4, 0.5) is 5.69 Å². The van der Waals surface area contributed by atoms with Crippen molar-refractivity contribution >= 4 is 11.6 Å². The highest BCUT2D eigenvalue weighted by Gasteiger charge is 2.24. The number of benzene rings is 2. The number of hydrogen-bond acceptors (Lipinski definition) is 2. The fourth-order valence-electron chi connectivity index (χ4n) is 3.65. The highest BCUT2D eigenvalue weighted by atomic mass is 16.2. The van der Waals surface area contributed by atoms with Gasteiger partial charge in [-0.3, -0.25) is 4.79 Å². The average Bonchev–Trinajstić information content (AvgIpc) is 2.65. The molecule has 0 spiro atoms. The number of aryl methyl sites for hydroxylation is 1. The van der Waals surface area contributed by atoms with Crippen LogP contribution >= 0.6 is 0 Å². The maximum Gasteiger partial charge on any atom is 0.277 e. The number of carbonyl (C=O) groups is 1. The van der Waals surface area contributed by atoms with Crippen LogP contribution in [0.15, 0.2) is 48.5 Å². The number of piperazine rings is 1. The Bertz CT molecular complexity index is 736. The molecule has 26 heavy (non-hydrogen) atoms. The SMILES string of the molecule is Cc1cccc(N2CCN(C(=O)C[NH+](C)Cc3ccccc3)CC2)c1C. The van der Waals surface area contributed by atoms with E-state index in [-0.39, 0.29) is 5.91 Å². The highest BCUT2D eigenvalue weighted by Crippen LogP contribution is 2.23. The first-order valence-corrected chi connectivity index (χ1v) is 9.49. The van der Waals surface area contributed by atoms with E-state index in [9.17, 15) is 4.79 Å². The van der Waals surface area contributed by atoms with Gasteiger partial charge in [0.25, 0.3) is 5.91 Å². The Morgan fingerprint density at radius 2 is 1.65 bits per heavy atom. The first-order valence-electron chi connectivity index (χ1n) is 9.49. The Hall–Kier alpha value is -2.33. The van der Waals surface area contributed by atoms with Crippen LogP contribution in [0.25, 0.3) is 0 Å². The van der Waals surface area contributed by atoms with E-state index < -0.39 is 0 Å². The smallest absolute Gasteiger partial charge is 0.277 e. The summed E-state index contributed by atoms with van der Waals surface area (Å²) >= 11 is 0. The molecule has 0 aromatic heterocycles. The van der Waals surface area contributed by atoms with Crippen molar-refractivity contribution in [1.29, 1.82) is 0 Å². The summed E-state index contributed by atoms with van der Waals surface area (Å²) in [4.78, 5) is 18.3. The van der Waals surface area contributed by atoms with Crippen molar-refractivity contribution in [3.63, 3.8) is 0 Å². The van der Waals surface area contributed by atoms with E-state index in [0.29, 0.717) is 6.54 Å². The van der Waals surface area contributed by atoms with Gasteiger partial charge in [-0.1, -0.05) is 42.5 Å². The molecule has 1 saturated heterocycles. The van der Waals surface area contributed by atoms with Crippen molar-refractivity contribution in [3.05, 3.63) is 65.2 Å². The van der Waals surface area contributed by atoms with Crippen molar-refractivity contribution < 1.29 is 9.69 Å². The molecule has 1 N–H and O–H groups in total. The van der Waals surface area contributed by atoms with Crippen LogP contribution < -0.4 is 9.80 Å². The van der Waals surface area contributed by atoms with E-state index in [0.717, 1.165) is 32.7 Å². The number of anilines is 1. The van der Waals surface area contributed by atoms with Gasteiger partial charge < -0.3 is 14.7 Å². The molecule has 1 amide bonds. The van der Waals surface area contributed by atoms with Crippen LogP contribution in [0.1, 0.15) is 16.7 Å². The van der Waals surface area contributed by atoms with Crippen LogP contribution in [0.3, 0.4) is 0 Å². The summed E-state index contributed by atoms with van der Waals surface area (Å²) in [6.07, 6.45) is 0. The van der Waals surface area contributed by atoms with Crippen molar-refractivity contribution in [3.8, 4) is 0 Å². The molecule has 4 heteroatoms. The molecule has 0 bridgehead atoms. The standard InChI is InChI=1S/C22H29N3O/c1-18-8-7-11-21(19(18)2)24-12-14-25(15-13-24)22(26)17-23(3)16-20-9-5-4-6-10-20/h4-11H,12-17H2,1-3H3/p+1. The number of quaternary nitrogens is 1. The molecule has 138 valence electrons. The topological polar surface area (TPSA) is 28.0 Å². The summed E-state index contributed by atoms with van der Waals surface area (Å²) in [7, 11) is 2.09. The third kappa shape index (κ3) is 4.44. The molecule has 0 radical (unpaired) electrons. The second-order valence-corrected chi connectivity index (χ2v) is 7.38. The van der Waals surface area contributed by atoms with Gasteiger partial charge in [-0.2, -0.15) is 0 Å². The lowest BCUT2D eigenvalue weighted by Crippen LogP contribution is -3.09. The minimum atomic E-state index is 0.263. The van der Waals surface area contributed by atoms with Gasteiger partial charge >= 0.3 is 0 Å². The Balaban J connectivity index is 1.51. The largest absolute Gasteiger partial charge is 0.368 e. The fourth-order valence-corrected chi connectivity index (χ4v) is 3.65. The van der Waals surface area contributed by atoms with Crippen molar-refractivity contribution in [2.45, 2.75) is 20.4 Å². The van der Waals surface area contributed by atoms with Gasteiger partial charge in [-0.15, -0.1) is 0 Å². The maximum atomic E-state index is 12.6. The number of nitrogens with zero attached hydrogens (tertiary/aromatic N) is 2. The summed E-state index contributed by atoms with van der Waals surface area (Å²) in [5.41, 5.74) is 5.26. The van der Waals surface area contributed by atoms with E-state index in [1.807, 2.05) is 11.0 Å². The molecule has 3 rings (SSSR count). The van der Waals surface area contributed by atoms with Gasteiger partial charge in [-0.25, -0.2) is 0 Å². The third-order valence-electron chi connectivity index (χ3n) is 5.35. The highest BCUT2D eigenvalue weighted by molar-refractivity contribution is 5.77. The molecule has 4 nitrogen and oxygen atoms in total. The lowest BCUT2D eigenvalue weighted by Gasteiger charge is -2.37. The zero-order chi connectivity index (χ0) is 18.5. The van der Waals surface area contributed by atoms with Crippen molar-refractivity contribution in [2.24, 2.45) is 0 Å². The molecule has 1 aliphatic rings. The van der Waals surface area contributed by atoms with Crippen LogP contribution in [-0.4, -0.2) is 50.6 Å². The van der Waals surface area contributed by atoms with Gasteiger partial charge in [0.05, 0.1) is 7.05 Å². The van der Waals surface area contributed by atoms with Crippen molar-refractivity contribution in [1.82, 2.24) is 4.90 Å². The lowest BCUT2D eigenvalue weighted by atomic mass is 10.1. The predicted octanol–water partition coefficient (Wildman–Crippen LogP) is 1.67. The maximum absolute atomic E-state index is 12.6. The monoisotopic (exact) mass is 352 g/mol. The number of carbonyl (C=O) groups excluding carboxylic acids is 1. The summed E-state index contributed by atoms with van der Waals surface area (Å²) in [5.74, 6) is 0.263. The molecule has 1 unspecified atom stereocenters. The number of nitrogens with one attached hydrogen (secondary N) is 1. The minimum Gasteiger partial charge on any atom is -0.368 e. The first kappa shape index (κ1) is 18.5. The van der Waals surface area contributed by atoms with Crippen LogP contribution in [0.2, 0.25) is 0 Å².